The lowest BCUT2D eigenvalue weighted by Gasteiger charge is -2.36. The number of hydrogen-bond acceptors (Lipinski definition) is 8. The molecular formula is C40H38N6O4S. The molecule has 1 aliphatic rings. The fourth-order valence-corrected chi connectivity index (χ4v) is 6.82. The topological polar surface area (TPSA) is 123 Å². The van der Waals surface area contributed by atoms with Gasteiger partial charge in [0.1, 0.15) is 0 Å². The molecule has 3 unspecified atom stereocenters. The van der Waals surface area contributed by atoms with Crippen molar-refractivity contribution in [1.82, 2.24) is 30.8 Å². The van der Waals surface area contributed by atoms with E-state index in [0.717, 1.165) is 44.6 Å². The third-order valence-electron chi connectivity index (χ3n) is 8.65. The largest absolute Gasteiger partial charge is 0.392 e. The van der Waals surface area contributed by atoms with Crippen molar-refractivity contribution >= 4 is 17.8 Å². The van der Waals surface area contributed by atoms with E-state index < -0.39 is 6.29 Å². The summed E-state index contributed by atoms with van der Waals surface area (Å²) in [4.78, 5) is 12.4. The van der Waals surface area contributed by atoms with Crippen LogP contribution in [0.4, 0.5) is 4.79 Å². The van der Waals surface area contributed by atoms with E-state index in [1.165, 1.54) is 0 Å². The Morgan fingerprint density at radius 1 is 0.745 bits per heavy atom. The fourth-order valence-electron chi connectivity index (χ4n) is 5.91. The first-order valence-electron chi connectivity index (χ1n) is 16.8. The number of nitrogens with zero attached hydrogens (tertiary/aromatic N) is 4. The number of thioether (sulfide) groups is 1. The lowest BCUT2D eigenvalue weighted by atomic mass is 9.99. The molecule has 258 valence electrons. The van der Waals surface area contributed by atoms with Gasteiger partial charge in [-0.1, -0.05) is 127 Å². The lowest BCUT2D eigenvalue weighted by Crippen LogP contribution is -2.34. The summed E-state index contributed by atoms with van der Waals surface area (Å²) < 4.78 is 14.9. The highest BCUT2D eigenvalue weighted by Gasteiger charge is 2.32. The van der Waals surface area contributed by atoms with Crippen molar-refractivity contribution in [1.29, 1.82) is 0 Å². The van der Waals surface area contributed by atoms with Gasteiger partial charge in [0.05, 0.1) is 24.5 Å². The Kier molecular flexibility index (Phi) is 11.1. The summed E-state index contributed by atoms with van der Waals surface area (Å²) in [5, 5.41) is 28.5. The number of amides is 2. The van der Waals surface area contributed by atoms with Crippen LogP contribution in [0.1, 0.15) is 46.6 Å². The maximum atomic E-state index is 12.4. The molecule has 0 spiro atoms. The molecule has 5 aromatic carbocycles. The van der Waals surface area contributed by atoms with E-state index in [9.17, 15) is 9.90 Å². The predicted molar refractivity (Wildman–Crippen MR) is 196 cm³/mol. The number of aliphatic hydroxyl groups excluding tert-OH is 1. The van der Waals surface area contributed by atoms with Crippen LogP contribution in [0.2, 0.25) is 0 Å². The maximum Gasteiger partial charge on any atom is 0.315 e. The van der Waals surface area contributed by atoms with Crippen LogP contribution in [0.3, 0.4) is 0 Å². The Labute approximate surface area is 300 Å². The second-order valence-electron chi connectivity index (χ2n) is 12.2. The first-order valence-corrected chi connectivity index (χ1v) is 17.8. The molecule has 1 saturated heterocycles. The molecule has 1 fully saturated rings. The van der Waals surface area contributed by atoms with Crippen molar-refractivity contribution in [2.45, 2.75) is 49.8 Å². The molecule has 6 aromatic rings. The van der Waals surface area contributed by atoms with Crippen LogP contribution in [-0.4, -0.2) is 43.2 Å². The molecule has 0 saturated carbocycles. The summed E-state index contributed by atoms with van der Waals surface area (Å²) in [5.74, 6) is 0.626. The number of ether oxygens (including phenoxy) is 2. The Morgan fingerprint density at radius 2 is 1.43 bits per heavy atom. The van der Waals surface area contributed by atoms with Gasteiger partial charge >= 0.3 is 6.03 Å². The number of para-hydroxylation sites is 1. The third-order valence-corrected chi connectivity index (χ3v) is 9.70. The third kappa shape index (κ3) is 8.89. The first-order chi connectivity index (χ1) is 25.1. The van der Waals surface area contributed by atoms with Crippen LogP contribution < -0.4 is 10.6 Å². The molecule has 51 heavy (non-hydrogen) atoms. The molecule has 7 rings (SSSR count). The molecule has 2 heterocycles. The van der Waals surface area contributed by atoms with Gasteiger partial charge < -0.3 is 25.2 Å². The molecule has 0 radical (unpaired) electrons. The van der Waals surface area contributed by atoms with Gasteiger partial charge in [-0.2, -0.15) is 4.68 Å². The van der Waals surface area contributed by atoms with E-state index in [0.29, 0.717) is 30.4 Å². The number of nitrogens with one attached hydrogen (secondary N) is 2. The summed E-state index contributed by atoms with van der Waals surface area (Å²) >= 11 is 1.55. The Hall–Kier alpha value is -5.33. The zero-order valence-electron chi connectivity index (χ0n) is 27.8. The van der Waals surface area contributed by atoms with Crippen molar-refractivity contribution in [3.05, 3.63) is 161 Å². The number of hydrogen-bond donors (Lipinski definition) is 3. The Morgan fingerprint density at radius 3 is 2.18 bits per heavy atom. The molecule has 0 aliphatic carbocycles. The summed E-state index contributed by atoms with van der Waals surface area (Å²) in [6.45, 7) is 0.870. The number of carbonyl (C=O) groups excluding carboxylic acids is 1. The number of carbonyl (C=O) groups is 1. The zero-order chi connectivity index (χ0) is 34.8. The van der Waals surface area contributed by atoms with Gasteiger partial charge in [0.25, 0.3) is 0 Å². The highest BCUT2D eigenvalue weighted by Crippen LogP contribution is 2.40. The van der Waals surface area contributed by atoms with Crippen molar-refractivity contribution in [3.8, 4) is 16.8 Å². The second kappa shape index (κ2) is 16.6. The molecule has 3 N–H and O–H groups in total. The maximum absolute atomic E-state index is 12.4. The Bertz CT molecular complexity index is 2010. The number of benzene rings is 5. The number of aromatic nitrogens is 4. The normalized spacial score (nSPS) is 17.2. The monoisotopic (exact) mass is 698 g/mol. The van der Waals surface area contributed by atoms with Crippen molar-refractivity contribution in [3.63, 3.8) is 0 Å². The van der Waals surface area contributed by atoms with E-state index in [1.54, 1.807) is 16.4 Å². The molecular weight excluding hydrogens is 661 g/mol. The number of rotatable bonds is 12. The second-order valence-corrected chi connectivity index (χ2v) is 13.2. The summed E-state index contributed by atoms with van der Waals surface area (Å²) in [7, 11) is 0. The predicted octanol–water partition coefficient (Wildman–Crippen LogP) is 7.16. The minimum atomic E-state index is -0.587. The van der Waals surface area contributed by atoms with E-state index in [4.69, 9.17) is 9.47 Å². The highest BCUT2D eigenvalue weighted by atomic mass is 32.2. The van der Waals surface area contributed by atoms with Crippen molar-refractivity contribution < 1.29 is 19.4 Å². The lowest BCUT2D eigenvalue weighted by molar-refractivity contribution is -0.245. The van der Waals surface area contributed by atoms with Gasteiger partial charge in [-0.15, -0.1) is 5.10 Å². The molecule has 11 heteroatoms. The fraction of sp³-hybridized carbons (Fsp3) is 0.200. The van der Waals surface area contributed by atoms with E-state index in [-0.39, 0.29) is 24.8 Å². The highest BCUT2D eigenvalue weighted by molar-refractivity contribution is 7.99. The van der Waals surface area contributed by atoms with E-state index in [2.05, 4.69) is 50.4 Å². The van der Waals surface area contributed by atoms with Crippen molar-refractivity contribution in [2.24, 2.45) is 0 Å². The number of aliphatic hydroxyl groups is 1. The zero-order valence-corrected chi connectivity index (χ0v) is 28.7. The minimum Gasteiger partial charge on any atom is -0.392 e. The van der Waals surface area contributed by atoms with Gasteiger partial charge in [-0.05, 0) is 62.0 Å². The van der Waals surface area contributed by atoms with Gasteiger partial charge in [-0.25, -0.2) is 4.79 Å². The van der Waals surface area contributed by atoms with Crippen LogP contribution in [0, 0.1) is 0 Å². The molecule has 1 aliphatic heterocycles. The van der Waals surface area contributed by atoms with Crippen LogP contribution in [-0.2, 0) is 29.2 Å². The standard InChI is InChI=1S/C40H38N6O4S/c47-26-29-14-16-32(17-15-29)37-23-36(27-51-40-43-44-45-46(40)35-12-5-2-6-13-35)49-38(50-37)33-20-18-31(19-21-33)34-11-7-10-30(22-34)25-42-39(48)41-24-28-8-3-1-4-9-28/h1-22,36-38,47H,23-27H2,(H2,41,42,48). The Balaban J connectivity index is 1.02. The quantitative estimate of drug-likeness (QED) is 0.115. The minimum absolute atomic E-state index is 0.0111. The van der Waals surface area contributed by atoms with Gasteiger partial charge in [-0.3, -0.25) is 0 Å². The SMILES string of the molecule is O=C(NCc1ccccc1)NCc1cccc(-c2ccc(C3OC(CSc4nnnn4-c4ccccc4)CC(c4ccc(CO)cc4)O3)cc2)c1. The number of tetrazole rings is 1. The smallest absolute Gasteiger partial charge is 0.315 e. The van der Waals surface area contributed by atoms with Crippen LogP contribution in [0.25, 0.3) is 16.8 Å². The van der Waals surface area contributed by atoms with Gasteiger partial charge in [0.15, 0.2) is 6.29 Å². The number of urea groups is 1. The summed E-state index contributed by atoms with van der Waals surface area (Å²) in [5.41, 5.74) is 7.81. The first kappa shape index (κ1) is 34.1. The molecule has 1 aromatic heterocycles. The van der Waals surface area contributed by atoms with Crippen molar-refractivity contribution in [2.75, 3.05) is 5.75 Å². The molecule has 2 amide bonds. The van der Waals surface area contributed by atoms with Gasteiger partial charge in [0.2, 0.25) is 5.16 Å². The molecule has 0 bridgehead atoms. The van der Waals surface area contributed by atoms with Crippen LogP contribution in [0.5, 0.6) is 0 Å². The summed E-state index contributed by atoms with van der Waals surface area (Å²) in [6.07, 6.45) is -0.291. The average Bonchev–Trinajstić information content (AvgIpc) is 3.68. The molecule has 10 nitrogen and oxygen atoms in total. The van der Waals surface area contributed by atoms with E-state index >= 15 is 0 Å². The van der Waals surface area contributed by atoms with Gasteiger partial charge in [0, 0.05) is 30.8 Å². The van der Waals surface area contributed by atoms with Crippen LogP contribution >= 0.6 is 11.8 Å². The average molecular weight is 699 g/mol. The van der Waals surface area contributed by atoms with Crippen LogP contribution in [0.15, 0.2) is 139 Å². The van der Waals surface area contributed by atoms with E-state index in [1.807, 2.05) is 109 Å². The molecule has 3 atom stereocenters. The summed E-state index contributed by atoms with van der Waals surface area (Å²) in [6, 6.07) is 43.7.